The minimum Gasteiger partial charge on any atom is -0.305 e. The Morgan fingerprint density at radius 3 is 2.50 bits per heavy atom. The van der Waals surface area contributed by atoms with Crippen LogP contribution >= 0.6 is 11.8 Å². The van der Waals surface area contributed by atoms with Gasteiger partial charge in [0, 0.05) is 12.6 Å². The van der Waals surface area contributed by atoms with E-state index in [2.05, 4.69) is 10.2 Å². The molecule has 0 aliphatic heterocycles. The van der Waals surface area contributed by atoms with Crippen LogP contribution in [0.25, 0.3) is 11.4 Å². The average molecular weight is 345 g/mol. The summed E-state index contributed by atoms with van der Waals surface area (Å²) >= 11 is 1.18. The fraction of sp³-hybridized carbons (Fsp3) is 0.118. The standard InChI is InChI=1S/C17H13F2N3OS/c1-22-16(11-6-8-12(18)9-7-11)20-21-17(22)24-10-15(23)13-4-2-3-5-14(13)19/h2-9H,10H2,1H3. The molecule has 0 radical (unpaired) electrons. The number of rotatable bonds is 5. The van der Waals surface area contributed by atoms with Crippen LogP contribution in [0.4, 0.5) is 8.78 Å². The van der Waals surface area contributed by atoms with Crippen molar-refractivity contribution in [3.8, 4) is 11.4 Å². The second-order valence-electron chi connectivity index (χ2n) is 5.06. The molecular formula is C17H13F2N3OS. The molecule has 0 aliphatic rings. The molecule has 3 aromatic rings. The molecule has 1 heterocycles. The first-order chi connectivity index (χ1) is 11.6. The Balaban J connectivity index is 1.74. The van der Waals surface area contributed by atoms with E-state index in [0.29, 0.717) is 11.0 Å². The number of nitrogens with zero attached hydrogens (tertiary/aromatic N) is 3. The summed E-state index contributed by atoms with van der Waals surface area (Å²) < 4.78 is 28.3. The third-order valence-electron chi connectivity index (χ3n) is 3.44. The predicted molar refractivity (Wildman–Crippen MR) is 87.9 cm³/mol. The molecule has 4 nitrogen and oxygen atoms in total. The molecule has 24 heavy (non-hydrogen) atoms. The van der Waals surface area contributed by atoms with E-state index in [1.54, 1.807) is 29.8 Å². The quantitative estimate of drug-likeness (QED) is 0.522. The SMILES string of the molecule is Cn1c(SCC(=O)c2ccccc2F)nnc1-c1ccc(F)cc1. The van der Waals surface area contributed by atoms with Gasteiger partial charge in [-0.05, 0) is 36.4 Å². The predicted octanol–water partition coefficient (Wildman–Crippen LogP) is 3.74. The second-order valence-corrected chi connectivity index (χ2v) is 6.01. The zero-order chi connectivity index (χ0) is 17.1. The van der Waals surface area contributed by atoms with Gasteiger partial charge >= 0.3 is 0 Å². The van der Waals surface area contributed by atoms with Gasteiger partial charge in [0.05, 0.1) is 11.3 Å². The highest BCUT2D eigenvalue weighted by Crippen LogP contribution is 2.23. The molecule has 0 amide bonds. The van der Waals surface area contributed by atoms with Gasteiger partial charge in [-0.1, -0.05) is 23.9 Å². The van der Waals surface area contributed by atoms with E-state index < -0.39 is 5.82 Å². The van der Waals surface area contributed by atoms with Gasteiger partial charge in [0.15, 0.2) is 16.8 Å². The number of ketones is 1. The van der Waals surface area contributed by atoms with Crippen molar-refractivity contribution in [1.29, 1.82) is 0 Å². The van der Waals surface area contributed by atoms with Crippen LogP contribution in [-0.4, -0.2) is 26.3 Å². The summed E-state index contributed by atoms with van der Waals surface area (Å²) in [6.07, 6.45) is 0. The highest BCUT2D eigenvalue weighted by molar-refractivity contribution is 7.99. The Kier molecular flexibility index (Phi) is 4.71. The summed E-state index contributed by atoms with van der Waals surface area (Å²) in [5.41, 5.74) is 0.782. The molecule has 0 fully saturated rings. The van der Waals surface area contributed by atoms with E-state index in [4.69, 9.17) is 0 Å². The first-order valence-corrected chi connectivity index (χ1v) is 8.10. The van der Waals surface area contributed by atoms with Gasteiger partial charge < -0.3 is 4.57 Å². The normalized spacial score (nSPS) is 10.8. The summed E-state index contributed by atoms with van der Waals surface area (Å²) in [6, 6.07) is 11.8. The molecule has 0 N–H and O–H groups in total. The van der Waals surface area contributed by atoms with Crippen LogP contribution in [0.3, 0.4) is 0 Å². The van der Waals surface area contributed by atoms with E-state index in [0.717, 1.165) is 5.56 Å². The van der Waals surface area contributed by atoms with E-state index in [1.807, 2.05) is 0 Å². The third-order valence-corrected chi connectivity index (χ3v) is 4.46. The largest absolute Gasteiger partial charge is 0.305 e. The molecule has 3 rings (SSSR count). The topological polar surface area (TPSA) is 47.8 Å². The summed E-state index contributed by atoms with van der Waals surface area (Å²) in [5.74, 6) is -0.560. The van der Waals surface area contributed by atoms with Crippen LogP contribution in [0, 0.1) is 11.6 Å². The number of Topliss-reactive ketones (excluding diaryl/α,β-unsaturated/α-hetero) is 1. The highest BCUT2D eigenvalue weighted by Gasteiger charge is 2.15. The smallest absolute Gasteiger partial charge is 0.191 e. The molecular weight excluding hydrogens is 332 g/mol. The zero-order valence-electron chi connectivity index (χ0n) is 12.7. The molecule has 0 bridgehead atoms. The van der Waals surface area contributed by atoms with Gasteiger partial charge in [-0.2, -0.15) is 0 Å². The molecule has 2 aromatic carbocycles. The highest BCUT2D eigenvalue weighted by atomic mass is 32.2. The lowest BCUT2D eigenvalue weighted by Gasteiger charge is -2.04. The maximum absolute atomic E-state index is 13.6. The van der Waals surface area contributed by atoms with Crippen molar-refractivity contribution in [2.24, 2.45) is 7.05 Å². The minimum absolute atomic E-state index is 0.0519. The van der Waals surface area contributed by atoms with Crippen LogP contribution in [0.2, 0.25) is 0 Å². The van der Waals surface area contributed by atoms with E-state index in [9.17, 15) is 13.6 Å². The van der Waals surface area contributed by atoms with E-state index >= 15 is 0 Å². The van der Waals surface area contributed by atoms with Crippen molar-refractivity contribution in [3.05, 3.63) is 65.7 Å². The Bertz CT molecular complexity index is 878. The number of benzene rings is 2. The van der Waals surface area contributed by atoms with Gasteiger partial charge in [-0.3, -0.25) is 4.79 Å². The van der Waals surface area contributed by atoms with Gasteiger partial charge in [0.25, 0.3) is 0 Å². The number of halogens is 2. The Morgan fingerprint density at radius 2 is 1.79 bits per heavy atom. The number of carbonyl (C=O) groups is 1. The molecule has 0 saturated carbocycles. The number of hydrogen-bond donors (Lipinski definition) is 0. The van der Waals surface area contributed by atoms with Crippen LogP contribution in [0.1, 0.15) is 10.4 Å². The first-order valence-electron chi connectivity index (χ1n) is 7.12. The molecule has 1 aromatic heterocycles. The Labute approximate surface area is 141 Å². The van der Waals surface area contributed by atoms with E-state index in [-0.39, 0.29) is 22.9 Å². The van der Waals surface area contributed by atoms with Crippen LogP contribution < -0.4 is 0 Å². The molecule has 0 saturated heterocycles. The third kappa shape index (κ3) is 3.35. The monoisotopic (exact) mass is 345 g/mol. The van der Waals surface area contributed by atoms with Gasteiger partial charge in [-0.25, -0.2) is 8.78 Å². The van der Waals surface area contributed by atoms with Gasteiger partial charge in [0.1, 0.15) is 11.6 Å². The van der Waals surface area contributed by atoms with Crippen LogP contribution in [-0.2, 0) is 7.05 Å². The van der Waals surface area contributed by atoms with Gasteiger partial charge in [-0.15, -0.1) is 10.2 Å². The fourth-order valence-electron chi connectivity index (χ4n) is 2.19. The summed E-state index contributed by atoms with van der Waals surface area (Å²) in [4.78, 5) is 12.1. The van der Waals surface area contributed by atoms with Gasteiger partial charge in [0.2, 0.25) is 0 Å². The molecule has 0 atom stereocenters. The van der Waals surface area contributed by atoms with Crippen molar-refractivity contribution >= 4 is 17.5 Å². The lowest BCUT2D eigenvalue weighted by molar-refractivity contribution is 0.101. The average Bonchev–Trinajstić information content (AvgIpc) is 2.95. The fourth-order valence-corrected chi connectivity index (χ4v) is 2.98. The Hall–Kier alpha value is -2.54. The van der Waals surface area contributed by atoms with Crippen molar-refractivity contribution < 1.29 is 13.6 Å². The number of thioether (sulfide) groups is 1. The molecule has 0 spiro atoms. The van der Waals surface area contributed by atoms with Crippen molar-refractivity contribution in [2.45, 2.75) is 5.16 Å². The lowest BCUT2D eigenvalue weighted by atomic mass is 10.1. The lowest BCUT2D eigenvalue weighted by Crippen LogP contribution is -2.06. The summed E-state index contributed by atoms with van der Waals surface area (Å²) in [5, 5.41) is 8.63. The van der Waals surface area contributed by atoms with Crippen molar-refractivity contribution in [2.75, 3.05) is 5.75 Å². The van der Waals surface area contributed by atoms with Crippen molar-refractivity contribution in [1.82, 2.24) is 14.8 Å². The molecule has 0 unspecified atom stereocenters. The number of aromatic nitrogens is 3. The summed E-state index contributed by atoms with van der Waals surface area (Å²) in [6.45, 7) is 0. The summed E-state index contributed by atoms with van der Waals surface area (Å²) in [7, 11) is 1.76. The number of hydrogen-bond acceptors (Lipinski definition) is 4. The molecule has 7 heteroatoms. The maximum Gasteiger partial charge on any atom is 0.191 e. The van der Waals surface area contributed by atoms with E-state index in [1.165, 1.54) is 42.1 Å². The minimum atomic E-state index is -0.534. The molecule has 0 aliphatic carbocycles. The van der Waals surface area contributed by atoms with Crippen molar-refractivity contribution in [3.63, 3.8) is 0 Å². The number of carbonyl (C=O) groups excluding carboxylic acids is 1. The zero-order valence-corrected chi connectivity index (χ0v) is 13.6. The Morgan fingerprint density at radius 1 is 1.08 bits per heavy atom. The second kappa shape index (κ2) is 6.92. The molecule has 122 valence electrons. The van der Waals surface area contributed by atoms with Crippen LogP contribution in [0.5, 0.6) is 0 Å². The first kappa shape index (κ1) is 16.3. The van der Waals surface area contributed by atoms with Crippen LogP contribution in [0.15, 0.2) is 53.7 Å². The maximum atomic E-state index is 13.6.